The summed E-state index contributed by atoms with van der Waals surface area (Å²) in [5.74, 6) is 1.58. The monoisotopic (exact) mass is 243 g/mol. The number of nitrogens with two attached hydrogens (primary N) is 1. The van der Waals surface area contributed by atoms with Crippen LogP contribution in [0.4, 0.5) is 5.82 Å². The lowest BCUT2D eigenvalue weighted by atomic mass is 10.1. The van der Waals surface area contributed by atoms with Gasteiger partial charge in [0.25, 0.3) is 0 Å². The van der Waals surface area contributed by atoms with E-state index < -0.39 is 0 Å². The Morgan fingerprint density at radius 1 is 1.44 bits per heavy atom. The molecule has 5 heteroatoms. The summed E-state index contributed by atoms with van der Waals surface area (Å²) in [4.78, 5) is 14.3. The zero-order valence-electron chi connectivity index (χ0n) is 10.5. The molecule has 5 nitrogen and oxygen atoms in total. The van der Waals surface area contributed by atoms with Crippen molar-refractivity contribution in [3.63, 3.8) is 0 Å². The third-order valence-electron chi connectivity index (χ3n) is 3.28. The molecule has 94 valence electrons. The van der Waals surface area contributed by atoms with Crippen molar-refractivity contribution in [1.29, 1.82) is 0 Å². The molecule has 0 aromatic carbocycles. The molecule has 0 fully saturated rings. The van der Waals surface area contributed by atoms with Crippen molar-refractivity contribution < 1.29 is 0 Å². The average molecular weight is 243 g/mol. The molecule has 3 heterocycles. The molecule has 0 unspecified atom stereocenters. The van der Waals surface area contributed by atoms with Crippen molar-refractivity contribution in [1.82, 2.24) is 19.9 Å². The fourth-order valence-corrected chi connectivity index (χ4v) is 2.42. The molecule has 1 aliphatic heterocycles. The summed E-state index contributed by atoms with van der Waals surface area (Å²) in [5, 5.41) is 0. The van der Waals surface area contributed by atoms with Crippen LogP contribution in [0, 0.1) is 6.92 Å². The first kappa shape index (κ1) is 11.2. The maximum absolute atomic E-state index is 5.59. The zero-order chi connectivity index (χ0) is 12.5. The van der Waals surface area contributed by atoms with Crippen molar-refractivity contribution in [2.75, 3.05) is 12.3 Å². The van der Waals surface area contributed by atoms with Crippen LogP contribution in [0.5, 0.6) is 0 Å². The summed E-state index contributed by atoms with van der Waals surface area (Å²) >= 11 is 0. The third kappa shape index (κ3) is 2.22. The van der Waals surface area contributed by atoms with Crippen LogP contribution in [0.25, 0.3) is 0 Å². The van der Waals surface area contributed by atoms with Gasteiger partial charge in [0, 0.05) is 32.3 Å². The Bertz CT molecular complexity index is 543. The van der Waals surface area contributed by atoms with Gasteiger partial charge in [0.2, 0.25) is 0 Å². The van der Waals surface area contributed by atoms with Crippen LogP contribution in [0.15, 0.2) is 18.3 Å². The second-order valence-corrected chi connectivity index (χ2v) is 4.80. The van der Waals surface area contributed by atoms with E-state index in [-0.39, 0.29) is 0 Å². The number of pyridine rings is 1. The molecule has 0 bridgehead atoms. The van der Waals surface area contributed by atoms with Crippen molar-refractivity contribution in [3.05, 3.63) is 41.1 Å². The molecule has 3 rings (SSSR count). The Kier molecular flexibility index (Phi) is 2.76. The van der Waals surface area contributed by atoms with Gasteiger partial charge in [-0.25, -0.2) is 9.97 Å². The van der Waals surface area contributed by atoms with Crippen LogP contribution >= 0.6 is 0 Å². The zero-order valence-corrected chi connectivity index (χ0v) is 10.5. The molecule has 18 heavy (non-hydrogen) atoms. The van der Waals surface area contributed by atoms with Crippen LogP contribution in [-0.2, 0) is 19.5 Å². The van der Waals surface area contributed by atoms with E-state index in [4.69, 9.17) is 5.73 Å². The Morgan fingerprint density at radius 2 is 2.33 bits per heavy atom. The predicted octanol–water partition coefficient (Wildman–Crippen LogP) is 1.25. The van der Waals surface area contributed by atoms with Crippen molar-refractivity contribution in [2.45, 2.75) is 26.4 Å². The standard InChI is InChI=1S/C13H17N5/c1-9-16-11-4-5-18(8-12(11)17-9)7-10-2-3-13(14)15-6-10/h2-3,6H,4-5,7-8H2,1H3,(H2,14,15)(H,16,17). The number of nitrogens with zero attached hydrogens (tertiary/aromatic N) is 3. The van der Waals surface area contributed by atoms with E-state index in [1.54, 1.807) is 0 Å². The quantitative estimate of drug-likeness (QED) is 0.833. The number of nitrogens with one attached hydrogen (secondary N) is 1. The Morgan fingerprint density at radius 3 is 3.11 bits per heavy atom. The first-order valence-corrected chi connectivity index (χ1v) is 6.18. The summed E-state index contributed by atoms with van der Waals surface area (Å²) in [6.07, 6.45) is 2.87. The highest BCUT2D eigenvalue weighted by molar-refractivity contribution is 5.29. The highest BCUT2D eigenvalue weighted by Crippen LogP contribution is 2.18. The topological polar surface area (TPSA) is 70.8 Å². The summed E-state index contributed by atoms with van der Waals surface area (Å²) in [6, 6.07) is 3.89. The van der Waals surface area contributed by atoms with Crippen molar-refractivity contribution in [3.8, 4) is 0 Å². The molecule has 0 radical (unpaired) electrons. The SMILES string of the molecule is Cc1nc2c([nH]1)CN(Cc1ccc(N)nc1)CC2. The minimum Gasteiger partial charge on any atom is -0.384 e. The maximum Gasteiger partial charge on any atom is 0.123 e. The van der Waals surface area contributed by atoms with Crippen LogP contribution in [-0.4, -0.2) is 26.4 Å². The molecule has 0 atom stereocenters. The van der Waals surface area contributed by atoms with Crippen molar-refractivity contribution >= 4 is 5.82 Å². The molecular weight excluding hydrogens is 226 g/mol. The molecule has 0 spiro atoms. The van der Waals surface area contributed by atoms with Gasteiger partial charge in [-0.15, -0.1) is 0 Å². The maximum atomic E-state index is 5.59. The number of H-pyrrole nitrogens is 1. The molecule has 2 aromatic heterocycles. The van der Waals surface area contributed by atoms with Gasteiger partial charge < -0.3 is 10.7 Å². The number of imidazole rings is 1. The number of aromatic amines is 1. The molecule has 1 aliphatic rings. The number of anilines is 1. The fraction of sp³-hybridized carbons (Fsp3) is 0.385. The first-order valence-electron chi connectivity index (χ1n) is 6.18. The third-order valence-corrected chi connectivity index (χ3v) is 3.28. The smallest absolute Gasteiger partial charge is 0.123 e. The predicted molar refractivity (Wildman–Crippen MR) is 69.8 cm³/mol. The van der Waals surface area contributed by atoms with E-state index in [2.05, 4.69) is 19.9 Å². The van der Waals surface area contributed by atoms with Gasteiger partial charge >= 0.3 is 0 Å². The van der Waals surface area contributed by atoms with E-state index in [9.17, 15) is 0 Å². The minimum atomic E-state index is 0.573. The largest absolute Gasteiger partial charge is 0.384 e. The summed E-state index contributed by atoms with van der Waals surface area (Å²) < 4.78 is 0. The van der Waals surface area contributed by atoms with Crippen LogP contribution in [0.2, 0.25) is 0 Å². The van der Waals surface area contributed by atoms with E-state index >= 15 is 0 Å². The fourth-order valence-electron chi connectivity index (χ4n) is 2.42. The first-order chi connectivity index (χ1) is 8.70. The number of hydrogen-bond donors (Lipinski definition) is 2. The van der Waals surface area contributed by atoms with E-state index in [1.807, 2.05) is 25.3 Å². The second kappa shape index (κ2) is 4.42. The number of aryl methyl sites for hydroxylation is 1. The Hall–Kier alpha value is -1.88. The van der Waals surface area contributed by atoms with E-state index in [1.165, 1.54) is 17.0 Å². The van der Waals surface area contributed by atoms with Gasteiger partial charge in [0.05, 0.1) is 11.4 Å². The van der Waals surface area contributed by atoms with Crippen LogP contribution in [0.3, 0.4) is 0 Å². The summed E-state index contributed by atoms with van der Waals surface area (Å²) in [6.45, 7) is 4.89. The number of aromatic nitrogens is 3. The Balaban J connectivity index is 1.70. The van der Waals surface area contributed by atoms with Gasteiger partial charge in [0.15, 0.2) is 0 Å². The molecule has 2 aromatic rings. The number of rotatable bonds is 2. The number of fused-ring (bicyclic) bond motifs is 1. The van der Waals surface area contributed by atoms with Crippen LogP contribution < -0.4 is 5.73 Å². The normalized spacial score (nSPS) is 15.6. The molecule has 0 saturated heterocycles. The molecule has 0 amide bonds. The lowest BCUT2D eigenvalue weighted by Crippen LogP contribution is -2.30. The highest BCUT2D eigenvalue weighted by atomic mass is 15.2. The Labute approximate surface area is 106 Å². The second-order valence-electron chi connectivity index (χ2n) is 4.80. The minimum absolute atomic E-state index is 0.573. The van der Waals surface area contributed by atoms with Gasteiger partial charge in [-0.3, -0.25) is 4.90 Å². The summed E-state index contributed by atoms with van der Waals surface area (Å²) in [5.41, 5.74) is 9.26. The molecule has 0 aliphatic carbocycles. The average Bonchev–Trinajstić information content (AvgIpc) is 2.71. The van der Waals surface area contributed by atoms with E-state index in [0.717, 1.165) is 31.9 Å². The molecule has 0 saturated carbocycles. The van der Waals surface area contributed by atoms with Crippen molar-refractivity contribution in [2.24, 2.45) is 0 Å². The highest BCUT2D eigenvalue weighted by Gasteiger charge is 2.19. The molecular formula is C13H17N5. The van der Waals surface area contributed by atoms with Gasteiger partial charge in [-0.1, -0.05) is 6.07 Å². The lowest BCUT2D eigenvalue weighted by Gasteiger charge is -2.25. The number of nitrogen functional groups attached to an aromatic ring is 1. The van der Waals surface area contributed by atoms with Crippen LogP contribution in [0.1, 0.15) is 22.8 Å². The molecule has 3 N–H and O–H groups in total. The van der Waals surface area contributed by atoms with E-state index in [0.29, 0.717) is 5.82 Å². The summed E-state index contributed by atoms with van der Waals surface area (Å²) in [7, 11) is 0. The van der Waals surface area contributed by atoms with Gasteiger partial charge in [-0.2, -0.15) is 0 Å². The van der Waals surface area contributed by atoms with Gasteiger partial charge in [-0.05, 0) is 18.6 Å². The van der Waals surface area contributed by atoms with Gasteiger partial charge in [0.1, 0.15) is 11.6 Å². The number of hydrogen-bond acceptors (Lipinski definition) is 4. The lowest BCUT2D eigenvalue weighted by molar-refractivity contribution is 0.241.